The molecule has 6 heteroatoms. The fourth-order valence-electron chi connectivity index (χ4n) is 4.30. The van der Waals surface area contributed by atoms with E-state index >= 15 is 0 Å². The summed E-state index contributed by atoms with van der Waals surface area (Å²) in [6, 6.07) is 0. The Bertz CT molecular complexity index is 666. The van der Waals surface area contributed by atoms with E-state index in [4.69, 9.17) is 14.2 Å². The van der Waals surface area contributed by atoms with Gasteiger partial charge in [0.25, 0.3) is 0 Å². The van der Waals surface area contributed by atoms with Crippen molar-refractivity contribution in [3.8, 4) is 0 Å². The van der Waals surface area contributed by atoms with Crippen LogP contribution in [0.15, 0.2) is 23.2 Å². The highest BCUT2D eigenvalue weighted by atomic mass is 16.5. The molecule has 0 heterocycles. The number of allylic oxidation sites excluding steroid dienone is 3. The van der Waals surface area contributed by atoms with Gasteiger partial charge in [0.05, 0.1) is 19.8 Å². The van der Waals surface area contributed by atoms with E-state index in [1.807, 2.05) is 6.92 Å². The minimum Gasteiger partial charge on any atom is -0.498 e. The molecule has 1 aliphatic rings. The molecule has 2 unspecified atom stereocenters. The summed E-state index contributed by atoms with van der Waals surface area (Å²) < 4.78 is 16.5. The average molecular weight is 496 g/mol. The molecule has 0 aromatic carbocycles. The van der Waals surface area contributed by atoms with E-state index in [9.17, 15) is 9.90 Å². The largest absolute Gasteiger partial charge is 0.498 e. The van der Waals surface area contributed by atoms with Gasteiger partial charge >= 0.3 is 0 Å². The summed E-state index contributed by atoms with van der Waals surface area (Å²) in [5.74, 6) is 3.31. The van der Waals surface area contributed by atoms with E-state index < -0.39 is 6.10 Å². The number of nitrogens with one attached hydrogen (secondary N) is 1. The first-order valence-electron chi connectivity index (χ1n) is 13.6. The zero-order valence-corrected chi connectivity index (χ0v) is 23.7. The summed E-state index contributed by atoms with van der Waals surface area (Å²) in [6.07, 6.45) is 7.99. The van der Waals surface area contributed by atoms with Gasteiger partial charge in [0.2, 0.25) is 5.91 Å². The number of carbonyl (C=O) groups excluding carboxylic acids is 1. The van der Waals surface area contributed by atoms with Crippen molar-refractivity contribution in [2.75, 3.05) is 34.0 Å². The van der Waals surface area contributed by atoms with Crippen LogP contribution in [0, 0.1) is 29.6 Å². The summed E-state index contributed by atoms with van der Waals surface area (Å²) in [5, 5.41) is 13.9. The molecule has 0 saturated heterocycles. The first kappa shape index (κ1) is 31.5. The highest BCUT2D eigenvalue weighted by molar-refractivity contribution is 5.78. The number of amides is 1. The summed E-state index contributed by atoms with van der Waals surface area (Å²) in [7, 11) is 3.35. The van der Waals surface area contributed by atoms with Crippen LogP contribution in [-0.4, -0.2) is 51.1 Å². The number of aliphatic hydroxyl groups is 1. The molecule has 1 aliphatic carbocycles. The SMILES string of the molecule is COCCCOC(/C=C(\C)CC(CC[C@@H](O)CC(C(=O)NCC1CC1)C(C)C)C(C)C)=C(/C)OC. The maximum atomic E-state index is 12.7. The number of ether oxygens (including phenoxy) is 3. The van der Waals surface area contributed by atoms with Crippen molar-refractivity contribution in [3.05, 3.63) is 23.2 Å². The van der Waals surface area contributed by atoms with E-state index in [0.29, 0.717) is 43.8 Å². The Morgan fingerprint density at radius 2 is 1.74 bits per heavy atom. The van der Waals surface area contributed by atoms with Crippen molar-refractivity contribution < 1.29 is 24.1 Å². The predicted octanol–water partition coefficient (Wildman–Crippen LogP) is 5.86. The molecule has 6 nitrogen and oxygen atoms in total. The number of aliphatic hydroxyl groups excluding tert-OH is 1. The van der Waals surface area contributed by atoms with Crippen LogP contribution in [0.4, 0.5) is 0 Å². The van der Waals surface area contributed by atoms with Gasteiger partial charge in [0, 0.05) is 32.6 Å². The lowest BCUT2D eigenvalue weighted by atomic mass is 9.82. The van der Waals surface area contributed by atoms with E-state index in [-0.39, 0.29) is 17.7 Å². The summed E-state index contributed by atoms with van der Waals surface area (Å²) in [6.45, 7) is 14.7. The summed E-state index contributed by atoms with van der Waals surface area (Å²) >= 11 is 0. The van der Waals surface area contributed by atoms with Gasteiger partial charge in [-0.05, 0) is 82.1 Å². The molecular formula is C29H53NO5. The van der Waals surface area contributed by atoms with Gasteiger partial charge in [-0.15, -0.1) is 0 Å². The quantitative estimate of drug-likeness (QED) is 0.133. The van der Waals surface area contributed by atoms with Gasteiger partial charge in [-0.2, -0.15) is 0 Å². The van der Waals surface area contributed by atoms with E-state index in [0.717, 1.165) is 37.3 Å². The second-order valence-electron chi connectivity index (χ2n) is 11.0. The maximum Gasteiger partial charge on any atom is 0.223 e. The van der Waals surface area contributed by atoms with E-state index in [2.05, 4.69) is 46.0 Å². The van der Waals surface area contributed by atoms with E-state index in [1.165, 1.54) is 18.4 Å². The number of carbonyl (C=O) groups is 1. The number of hydrogen-bond donors (Lipinski definition) is 2. The molecular weight excluding hydrogens is 442 g/mol. The third kappa shape index (κ3) is 13.4. The van der Waals surface area contributed by atoms with Gasteiger partial charge in [-0.25, -0.2) is 0 Å². The minimum absolute atomic E-state index is 0.100. The first-order chi connectivity index (χ1) is 16.6. The molecule has 2 N–H and O–H groups in total. The molecule has 0 aliphatic heterocycles. The normalized spacial score (nSPS) is 17.7. The second kappa shape index (κ2) is 17.0. The Balaban J connectivity index is 2.66. The number of hydrogen-bond acceptors (Lipinski definition) is 5. The molecule has 0 aromatic heterocycles. The molecule has 1 saturated carbocycles. The van der Waals surface area contributed by atoms with Crippen LogP contribution in [-0.2, 0) is 19.0 Å². The number of rotatable bonds is 19. The Kier molecular flexibility index (Phi) is 15.3. The molecule has 0 bridgehead atoms. The zero-order valence-electron chi connectivity index (χ0n) is 23.7. The topological polar surface area (TPSA) is 77.0 Å². The van der Waals surface area contributed by atoms with Crippen LogP contribution in [0.1, 0.15) is 86.5 Å². The predicted molar refractivity (Wildman–Crippen MR) is 143 cm³/mol. The minimum atomic E-state index is -0.463. The Hall–Kier alpha value is -1.53. The van der Waals surface area contributed by atoms with Crippen molar-refractivity contribution in [1.82, 2.24) is 5.32 Å². The molecule has 0 spiro atoms. The standard InChI is InChI=1S/C29H53NO5/c1-20(2)25(16-22(5)17-28(23(6)34-8)35-15-9-14-33-7)12-13-26(31)18-27(21(3)4)29(32)30-19-24-10-11-24/h17,20-21,24-27,31H,9-16,18-19H2,1-8H3,(H,30,32)/b22-17+,28-23-/t25?,26-,27?/m1/s1. The van der Waals surface area contributed by atoms with Gasteiger partial charge in [-0.1, -0.05) is 33.3 Å². The molecule has 1 fully saturated rings. The van der Waals surface area contributed by atoms with Crippen molar-refractivity contribution >= 4 is 5.91 Å². The maximum absolute atomic E-state index is 12.7. The van der Waals surface area contributed by atoms with E-state index in [1.54, 1.807) is 14.2 Å². The van der Waals surface area contributed by atoms with Crippen LogP contribution in [0.3, 0.4) is 0 Å². The van der Waals surface area contributed by atoms with Crippen LogP contribution >= 0.6 is 0 Å². The fraction of sp³-hybridized carbons (Fsp3) is 0.828. The van der Waals surface area contributed by atoms with Gasteiger partial charge < -0.3 is 24.6 Å². The van der Waals surface area contributed by atoms with Crippen LogP contribution in [0.25, 0.3) is 0 Å². The molecule has 1 rings (SSSR count). The van der Waals surface area contributed by atoms with Crippen LogP contribution in [0.2, 0.25) is 0 Å². The van der Waals surface area contributed by atoms with Gasteiger partial charge in [0.1, 0.15) is 5.76 Å². The Morgan fingerprint density at radius 3 is 2.29 bits per heavy atom. The van der Waals surface area contributed by atoms with Crippen molar-refractivity contribution in [1.29, 1.82) is 0 Å². The molecule has 0 radical (unpaired) electrons. The Morgan fingerprint density at radius 1 is 1.06 bits per heavy atom. The smallest absolute Gasteiger partial charge is 0.223 e. The fourth-order valence-corrected chi connectivity index (χ4v) is 4.30. The van der Waals surface area contributed by atoms with Gasteiger partial charge in [0.15, 0.2) is 5.76 Å². The highest BCUT2D eigenvalue weighted by Crippen LogP contribution is 2.30. The lowest BCUT2D eigenvalue weighted by Crippen LogP contribution is -2.36. The Labute approximate surface area is 214 Å². The zero-order chi connectivity index (χ0) is 26.4. The van der Waals surface area contributed by atoms with Crippen molar-refractivity contribution in [2.45, 2.75) is 92.6 Å². The molecule has 1 amide bonds. The van der Waals surface area contributed by atoms with Crippen molar-refractivity contribution in [3.63, 3.8) is 0 Å². The van der Waals surface area contributed by atoms with Crippen molar-refractivity contribution in [2.24, 2.45) is 29.6 Å². The molecule has 0 aromatic rings. The van der Waals surface area contributed by atoms with Gasteiger partial charge in [-0.3, -0.25) is 4.79 Å². The molecule has 3 atom stereocenters. The second-order valence-corrected chi connectivity index (χ2v) is 11.0. The third-order valence-corrected chi connectivity index (χ3v) is 7.11. The summed E-state index contributed by atoms with van der Waals surface area (Å²) in [4.78, 5) is 12.7. The number of methoxy groups -OCH3 is 2. The molecule has 35 heavy (non-hydrogen) atoms. The lowest BCUT2D eigenvalue weighted by molar-refractivity contribution is -0.127. The highest BCUT2D eigenvalue weighted by Gasteiger charge is 2.28. The monoisotopic (exact) mass is 495 g/mol. The van der Waals surface area contributed by atoms with Crippen LogP contribution in [0.5, 0.6) is 0 Å². The summed E-state index contributed by atoms with van der Waals surface area (Å²) in [5.41, 5.74) is 1.23. The lowest BCUT2D eigenvalue weighted by Gasteiger charge is -2.26. The average Bonchev–Trinajstić information content (AvgIpc) is 3.64. The molecule has 204 valence electrons. The first-order valence-corrected chi connectivity index (χ1v) is 13.6. The van der Waals surface area contributed by atoms with Crippen LogP contribution < -0.4 is 5.32 Å². The third-order valence-electron chi connectivity index (χ3n) is 7.11.